The zero-order valence-corrected chi connectivity index (χ0v) is 10.9. The average Bonchev–Trinajstić information content (AvgIpc) is 2.53. The second-order valence-electron chi connectivity index (χ2n) is 3.92. The molecule has 2 rings (SSSR count). The lowest BCUT2D eigenvalue weighted by atomic mass is 10.1. The summed E-state index contributed by atoms with van der Waals surface area (Å²) >= 11 is 0. The summed E-state index contributed by atoms with van der Waals surface area (Å²) in [6.07, 6.45) is -0.673. The number of hydrogen-bond donors (Lipinski definition) is 4. The number of benzene rings is 1. The van der Waals surface area contributed by atoms with Crippen molar-refractivity contribution < 1.29 is 9.84 Å². The summed E-state index contributed by atoms with van der Waals surface area (Å²) in [5, 5.41) is 12.9. The maximum absolute atomic E-state index is 10.0. The number of hydrazine groups is 1. The van der Waals surface area contributed by atoms with E-state index in [2.05, 4.69) is 25.7 Å². The van der Waals surface area contributed by atoms with E-state index in [4.69, 9.17) is 10.6 Å². The lowest BCUT2D eigenvalue weighted by molar-refractivity contribution is 0.191. The molecule has 0 amide bonds. The Morgan fingerprint density at radius 2 is 1.90 bits per heavy atom. The normalized spacial score (nSPS) is 11.8. The Morgan fingerprint density at radius 1 is 1.20 bits per heavy atom. The second-order valence-corrected chi connectivity index (χ2v) is 3.92. The smallest absolute Gasteiger partial charge is 0.322 e. The number of methoxy groups -OCH3 is 1. The van der Waals surface area contributed by atoms with Crippen molar-refractivity contribution in [1.29, 1.82) is 0 Å². The first-order valence-corrected chi connectivity index (χ1v) is 5.96. The molecule has 0 aliphatic carbocycles. The molecular formula is C12H16N6O2. The van der Waals surface area contributed by atoms with Gasteiger partial charge in [0.15, 0.2) is 0 Å². The molecule has 0 fully saturated rings. The number of hydrogen-bond acceptors (Lipinski definition) is 8. The van der Waals surface area contributed by atoms with Crippen LogP contribution in [0.4, 0.5) is 11.9 Å². The minimum absolute atomic E-state index is 0.129. The van der Waals surface area contributed by atoms with Crippen molar-refractivity contribution >= 4 is 11.9 Å². The van der Waals surface area contributed by atoms with Crippen LogP contribution in [0.25, 0.3) is 0 Å². The highest BCUT2D eigenvalue weighted by Crippen LogP contribution is 2.14. The van der Waals surface area contributed by atoms with Crippen LogP contribution >= 0.6 is 0 Å². The van der Waals surface area contributed by atoms with E-state index in [0.717, 1.165) is 5.56 Å². The maximum atomic E-state index is 10.0. The van der Waals surface area contributed by atoms with E-state index in [1.54, 1.807) is 0 Å². The number of ether oxygens (including phenoxy) is 1. The van der Waals surface area contributed by atoms with Gasteiger partial charge in [-0.15, -0.1) is 0 Å². The summed E-state index contributed by atoms with van der Waals surface area (Å²) in [6.45, 7) is 0.251. The van der Waals surface area contributed by atoms with Gasteiger partial charge in [0.05, 0.1) is 13.2 Å². The average molecular weight is 276 g/mol. The molecule has 0 radical (unpaired) electrons. The summed E-state index contributed by atoms with van der Waals surface area (Å²) in [5.41, 5.74) is 3.12. The molecule has 106 valence electrons. The molecule has 1 aromatic carbocycles. The van der Waals surface area contributed by atoms with Crippen LogP contribution in [0, 0.1) is 0 Å². The molecule has 0 saturated heterocycles. The molecule has 0 aliphatic rings. The van der Waals surface area contributed by atoms with Gasteiger partial charge in [0, 0.05) is 6.54 Å². The van der Waals surface area contributed by atoms with E-state index < -0.39 is 6.10 Å². The van der Waals surface area contributed by atoms with Crippen LogP contribution in [-0.4, -0.2) is 33.7 Å². The van der Waals surface area contributed by atoms with Gasteiger partial charge in [-0.05, 0) is 5.56 Å². The SMILES string of the molecule is COc1nc(NN)nc(NCC(O)c2ccccc2)n1. The van der Waals surface area contributed by atoms with Gasteiger partial charge in [0.1, 0.15) is 0 Å². The zero-order valence-electron chi connectivity index (χ0n) is 10.9. The topological polar surface area (TPSA) is 118 Å². The molecule has 1 atom stereocenters. The minimum Gasteiger partial charge on any atom is -0.467 e. The van der Waals surface area contributed by atoms with E-state index in [0.29, 0.717) is 0 Å². The molecule has 0 bridgehead atoms. The molecule has 0 aliphatic heterocycles. The summed E-state index contributed by atoms with van der Waals surface area (Å²) < 4.78 is 4.93. The highest BCUT2D eigenvalue weighted by Gasteiger charge is 2.09. The maximum Gasteiger partial charge on any atom is 0.322 e. The predicted octanol–water partition coefficient (Wildman–Crippen LogP) is 0.311. The van der Waals surface area contributed by atoms with E-state index in [1.165, 1.54) is 7.11 Å². The fourth-order valence-corrected chi connectivity index (χ4v) is 1.57. The summed E-state index contributed by atoms with van der Waals surface area (Å²) in [7, 11) is 1.44. The molecule has 5 N–H and O–H groups in total. The largest absolute Gasteiger partial charge is 0.467 e. The number of aromatic nitrogens is 3. The van der Waals surface area contributed by atoms with Gasteiger partial charge in [-0.2, -0.15) is 15.0 Å². The van der Waals surface area contributed by atoms with Gasteiger partial charge >= 0.3 is 6.01 Å². The zero-order chi connectivity index (χ0) is 14.4. The van der Waals surface area contributed by atoms with Crippen LogP contribution in [0.1, 0.15) is 11.7 Å². The molecule has 2 aromatic rings. The third-order valence-electron chi connectivity index (χ3n) is 2.56. The van der Waals surface area contributed by atoms with Crippen LogP contribution in [-0.2, 0) is 0 Å². The van der Waals surface area contributed by atoms with Gasteiger partial charge < -0.3 is 15.2 Å². The van der Waals surface area contributed by atoms with E-state index in [-0.39, 0.29) is 24.5 Å². The Morgan fingerprint density at radius 3 is 2.55 bits per heavy atom. The first kappa shape index (κ1) is 14.0. The Kier molecular flexibility index (Phi) is 4.64. The number of nitrogens with zero attached hydrogens (tertiary/aromatic N) is 3. The van der Waals surface area contributed by atoms with Gasteiger partial charge in [-0.3, -0.25) is 5.43 Å². The van der Waals surface area contributed by atoms with E-state index in [9.17, 15) is 5.11 Å². The molecule has 0 spiro atoms. The molecule has 20 heavy (non-hydrogen) atoms. The number of nitrogens with two attached hydrogens (primary N) is 1. The molecule has 8 nitrogen and oxygen atoms in total. The number of rotatable bonds is 6. The number of nitrogen functional groups attached to an aromatic ring is 1. The molecular weight excluding hydrogens is 260 g/mol. The van der Waals surface area contributed by atoms with Crippen LogP contribution in [0.15, 0.2) is 30.3 Å². The van der Waals surface area contributed by atoms with Crippen LogP contribution < -0.4 is 21.3 Å². The third-order valence-corrected chi connectivity index (χ3v) is 2.56. The van der Waals surface area contributed by atoms with Gasteiger partial charge in [-0.25, -0.2) is 5.84 Å². The number of nitrogens with one attached hydrogen (secondary N) is 2. The Bertz CT molecular complexity index is 529. The van der Waals surface area contributed by atoms with Gasteiger partial charge in [0.25, 0.3) is 0 Å². The Labute approximate surface area is 116 Å². The summed E-state index contributed by atoms with van der Waals surface area (Å²) in [5.74, 6) is 5.69. The Balaban J connectivity index is 2.03. The standard InChI is InChI=1S/C12H16N6O2/c1-20-12-16-10(15-11(17-12)18-13)14-7-9(19)8-5-3-2-4-6-8/h2-6,9,19H,7,13H2,1H3,(H2,14,15,16,17,18). The summed E-state index contributed by atoms with van der Waals surface area (Å²) in [4.78, 5) is 11.9. The highest BCUT2D eigenvalue weighted by atomic mass is 16.5. The Hall–Kier alpha value is -2.45. The first-order chi connectivity index (χ1) is 9.72. The second kappa shape index (κ2) is 6.64. The van der Waals surface area contributed by atoms with Crippen LogP contribution in [0.3, 0.4) is 0 Å². The third kappa shape index (κ3) is 3.53. The monoisotopic (exact) mass is 276 g/mol. The lowest BCUT2D eigenvalue weighted by Crippen LogP contribution is -2.17. The van der Waals surface area contributed by atoms with E-state index >= 15 is 0 Å². The van der Waals surface area contributed by atoms with Crippen molar-refractivity contribution in [2.45, 2.75) is 6.10 Å². The molecule has 1 aromatic heterocycles. The summed E-state index contributed by atoms with van der Waals surface area (Å²) in [6, 6.07) is 9.42. The lowest BCUT2D eigenvalue weighted by Gasteiger charge is -2.12. The molecule has 0 saturated carbocycles. The predicted molar refractivity (Wildman–Crippen MR) is 74.1 cm³/mol. The molecule has 1 heterocycles. The van der Waals surface area contributed by atoms with Crippen molar-refractivity contribution in [1.82, 2.24) is 15.0 Å². The number of aliphatic hydroxyl groups excluding tert-OH is 1. The fraction of sp³-hybridized carbons (Fsp3) is 0.250. The highest BCUT2D eigenvalue weighted by molar-refractivity contribution is 5.35. The van der Waals surface area contributed by atoms with E-state index in [1.807, 2.05) is 30.3 Å². The molecule has 1 unspecified atom stereocenters. The van der Waals surface area contributed by atoms with Gasteiger partial charge in [-0.1, -0.05) is 30.3 Å². The van der Waals surface area contributed by atoms with Crippen LogP contribution in [0.2, 0.25) is 0 Å². The van der Waals surface area contributed by atoms with Crippen molar-refractivity contribution in [3.05, 3.63) is 35.9 Å². The van der Waals surface area contributed by atoms with Crippen molar-refractivity contribution in [2.24, 2.45) is 5.84 Å². The van der Waals surface area contributed by atoms with Crippen LogP contribution in [0.5, 0.6) is 6.01 Å². The quantitative estimate of drug-likeness (QED) is 0.440. The van der Waals surface area contributed by atoms with Gasteiger partial charge in [0.2, 0.25) is 11.9 Å². The minimum atomic E-state index is -0.673. The number of aliphatic hydroxyl groups is 1. The van der Waals surface area contributed by atoms with Crippen molar-refractivity contribution in [3.63, 3.8) is 0 Å². The first-order valence-electron chi connectivity index (χ1n) is 5.96. The number of anilines is 2. The molecule has 8 heteroatoms. The fourth-order valence-electron chi connectivity index (χ4n) is 1.57. The van der Waals surface area contributed by atoms with Crippen molar-refractivity contribution in [2.75, 3.05) is 24.4 Å². The van der Waals surface area contributed by atoms with Crippen molar-refractivity contribution in [3.8, 4) is 6.01 Å².